The predicted octanol–water partition coefficient (Wildman–Crippen LogP) is 5.27. The Morgan fingerprint density at radius 2 is 2.03 bits per heavy atom. The number of amides is 1. The highest BCUT2D eigenvalue weighted by molar-refractivity contribution is 7.99. The first-order valence-corrected chi connectivity index (χ1v) is 13.8. The lowest BCUT2D eigenvalue weighted by Crippen LogP contribution is -2.24. The lowest BCUT2D eigenvalue weighted by molar-refractivity contribution is -0.118. The van der Waals surface area contributed by atoms with Gasteiger partial charge in [0.2, 0.25) is 0 Å². The van der Waals surface area contributed by atoms with Crippen molar-refractivity contribution in [3.63, 3.8) is 0 Å². The summed E-state index contributed by atoms with van der Waals surface area (Å²) in [5.41, 5.74) is 6.08. The summed E-state index contributed by atoms with van der Waals surface area (Å²) in [6, 6.07) is 13.4. The van der Waals surface area contributed by atoms with Crippen molar-refractivity contribution in [3.05, 3.63) is 82.0 Å². The first-order chi connectivity index (χ1) is 18.4. The highest BCUT2D eigenvalue weighted by Gasteiger charge is 2.18. The number of rotatable bonds is 11. The average molecular weight is 549 g/mol. The van der Waals surface area contributed by atoms with Gasteiger partial charge in [-0.25, -0.2) is 10.4 Å². The summed E-state index contributed by atoms with van der Waals surface area (Å²) >= 11 is 2.59. The van der Waals surface area contributed by atoms with Crippen LogP contribution in [0.3, 0.4) is 0 Å². The first kappa shape index (κ1) is 27.2. The van der Waals surface area contributed by atoms with Crippen LogP contribution in [0.1, 0.15) is 18.1 Å². The molecule has 1 amide bonds. The molecule has 38 heavy (non-hydrogen) atoms. The third-order valence-electron chi connectivity index (χ3n) is 5.56. The van der Waals surface area contributed by atoms with E-state index in [1.165, 1.54) is 29.3 Å². The van der Waals surface area contributed by atoms with E-state index in [1.54, 1.807) is 29.9 Å². The molecule has 4 rings (SSSR count). The number of allylic oxidation sites excluding steroid dienone is 1. The summed E-state index contributed by atoms with van der Waals surface area (Å²) < 4.78 is 12.4. The first-order valence-electron chi connectivity index (χ1n) is 11.9. The van der Waals surface area contributed by atoms with Gasteiger partial charge in [-0.15, -0.1) is 17.9 Å². The number of thioether (sulfide) groups is 1. The Balaban J connectivity index is 1.48. The Morgan fingerprint density at radius 3 is 2.74 bits per heavy atom. The van der Waals surface area contributed by atoms with Gasteiger partial charge in [0.15, 0.2) is 16.7 Å². The Morgan fingerprint density at radius 1 is 1.24 bits per heavy atom. The van der Waals surface area contributed by atoms with Crippen LogP contribution < -0.4 is 20.5 Å². The number of aryl methyl sites for hydroxylation is 1. The molecule has 0 bridgehead atoms. The second-order valence-corrected chi connectivity index (χ2v) is 10.0. The molecule has 0 atom stereocenters. The molecule has 0 fully saturated rings. The second kappa shape index (κ2) is 12.6. The summed E-state index contributed by atoms with van der Waals surface area (Å²) in [4.78, 5) is 31.3. The summed E-state index contributed by atoms with van der Waals surface area (Å²) in [6.07, 6.45) is 3.17. The maximum atomic E-state index is 13.5. The predicted molar refractivity (Wildman–Crippen MR) is 155 cm³/mol. The van der Waals surface area contributed by atoms with E-state index >= 15 is 0 Å². The number of thiophene rings is 1. The normalized spacial score (nSPS) is 11.1. The molecule has 1 N–H and O–H groups in total. The molecule has 0 aliphatic rings. The summed E-state index contributed by atoms with van der Waals surface area (Å²) in [6.45, 7) is 8.51. The van der Waals surface area contributed by atoms with Gasteiger partial charge in [0.1, 0.15) is 4.83 Å². The lowest BCUT2D eigenvalue weighted by Gasteiger charge is -2.10. The number of carbonyl (C=O) groups excluding carboxylic acids is 1. The van der Waals surface area contributed by atoms with Gasteiger partial charge in [-0.2, -0.15) is 5.10 Å². The minimum atomic E-state index is -0.324. The van der Waals surface area contributed by atoms with E-state index in [4.69, 9.17) is 14.5 Å². The Hall–Kier alpha value is -3.89. The van der Waals surface area contributed by atoms with E-state index in [0.29, 0.717) is 33.5 Å². The highest BCUT2D eigenvalue weighted by atomic mass is 32.2. The van der Waals surface area contributed by atoms with Crippen LogP contribution in [0.4, 0.5) is 0 Å². The lowest BCUT2D eigenvalue weighted by atomic mass is 10.1. The van der Waals surface area contributed by atoms with E-state index in [9.17, 15) is 9.59 Å². The van der Waals surface area contributed by atoms with Crippen molar-refractivity contribution in [1.29, 1.82) is 0 Å². The van der Waals surface area contributed by atoms with Crippen LogP contribution in [0.2, 0.25) is 0 Å². The van der Waals surface area contributed by atoms with Gasteiger partial charge in [-0.1, -0.05) is 47.7 Å². The maximum absolute atomic E-state index is 13.5. The molecule has 0 unspecified atom stereocenters. The van der Waals surface area contributed by atoms with Crippen molar-refractivity contribution >= 4 is 45.4 Å². The zero-order valence-electron chi connectivity index (χ0n) is 21.4. The van der Waals surface area contributed by atoms with Gasteiger partial charge in [-0.3, -0.25) is 14.2 Å². The Kier molecular flexibility index (Phi) is 8.98. The zero-order chi connectivity index (χ0) is 27.1. The standard InChI is InChI=1S/C28H28N4O4S2/c1-5-13-32-27(34)25-21(20-10-7-18(3)8-11-20)16-37-26(25)30-28(32)38-17-24(33)31-29-15-19-9-12-22(36-6-2)23(14-19)35-4/h5,7-12,14-16H,1,6,13,17H2,2-4H3,(H,31,33)/b29-15+. The number of ether oxygens (including phenoxy) is 2. The van der Waals surface area contributed by atoms with Crippen LogP contribution in [0, 0.1) is 6.92 Å². The van der Waals surface area contributed by atoms with E-state index in [-0.39, 0.29) is 23.8 Å². The number of nitrogens with zero attached hydrogens (tertiary/aromatic N) is 3. The zero-order valence-corrected chi connectivity index (χ0v) is 23.0. The molecule has 0 spiro atoms. The number of aromatic nitrogens is 2. The van der Waals surface area contributed by atoms with Gasteiger partial charge >= 0.3 is 0 Å². The van der Waals surface area contributed by atoms with Gasteiger partial charge < -0.3 is 9.47 Å². The number of fused-ring (bicyclic) bond motifs is 1. The molecule has 0 saturated heterocycles. The number of nitrogens with one attached hydrogen (secondary N) is 1. The molecule has 8 nitrogen and oxygen atoms in total. The van der Waals surface area contributed by atoms with Crippen LogP contribution in [0.5, 0.6) is 11.5 Å². The summed E-state index contributed by atoms with van der Waals surface area (Å²) in [5.74, 6) is 0.933. The van der Waals surface area contributed by atoms with Crippen LogP contribution in [-0.2, 0) is 11.3 Å². The van der Waals surface area contributed by atoms with Crippen molar-refractivity contribution in [2.24, 2.45) is 5.10 Å². The van der Waals surface area contributed by atoms with Gasteiger partial charge in [0, 0.05) is 17.5 Å². The third-order valence-corrected chi connectivity index (χ3v) is 7.40. The van der Waals surface area contributed by atoms with Gasteiger partial charge in [-0.05, 0) is 43.2 Å². The monoisotopic (exact) mass is 548 g/mol. The maximum Gasteiger partial charge on any atom is 0.263 e. The molecule has 0 saturated carbocycles. The number of carbonyl (C=O) groups is 1. The van der Waals surface area contributed by atoms with Crippen molar-refractivity contribution in [2.45, 2.75) is 25.5 Å². The number of hydrogen-bond acceptors (Lipinski definition) is 8. The molecular weight excluding hydrogens is 520 g/mol. The highest BCUT2D eigenvalue weighted by Crippen LogP contribution is 2.32. The molecule has 0 radical (unpaired) electrons. The number of hydrogen-bond donors (Lipinski definition) is 1. The largest absolute Gasteiger partial charge is 0.493 e. The Labute approximate surface area is 229 Å². The number of methoxy groups -OCH3 is 1. The van der Waals surface area contributed by atoms with Crippen LogP contribution >= 0.6 is 23.1 Å². The van der Waals surface area contributed by atoms with Crippen LogP contribution in [0.25, 0.3) is 21.3 Å². The number of benzene rings is 2. The molecule has 2 aromatic heterocycles. The molecule has 2 aromatic carbocycles. The van der Waals surface area contributed by atoms with Gasteiger partial charge in [0.25, 0.3) is 11.5 Å². The second-order valence-electron chi connectivity index (χ2n) is 8.22. The minimum Gasteiger partial charge on any atom is -0.493 e. The van der Waals surface area contributed by atoms with E-state index in [0.717, 1.165) is 22.3 Å². The minimum absolute atomic E-state index is 0.0369. The quantitative estimate of drug-likeness (QED) is 0.0902. The number of hydrazone groups is 1. The SMILES string of the molecule is C=CCn1c(SCC(=O)N/N=C/c2ccc(OCC)c(OC)c2)nc2scc(-c3ccc(C)cc3)c2c1=O. The fraction of sp³-hybridized carbons (Fsp3) is 0.214. The molecule has 0 aliphatic heterocycles. The average Bonchev–Trinajstić information content (AvgIpc) is 3.35. The molecular formula is C28H28N4O4S2. The van der Waals surface area contributed by atoms with Gasteiger partial charge in [0.05, 0.1) is 31.1 Å². The molecule has 10 heteroatoms. The van der Waals surface area contributed by atoms with E-state index in [2.05, 4.69) is 17.1 Å². The molecule has 2 heterocycles. The topological polar surface area (TPSA) is 94.8 Å². The van der Waals surface area contributed by atoms with Crippen molar-refractivity contribution < 1.29 is 14.3 Å². The third kappa shape index (κ3) is 6.15. The molecule has 0 aliphatic carbocycles. The fourth-order valence-corrected chi connectivity index (χ4v) is 5.52. The fourth-order valence-electron chi connectivity index (χ4n) is 3.73. The van der Waals surface area contributed by atoms with E-state index < -0.39 is 0 Å². The van der Waals surface area contributed by atoms with Crippen molar-refractivity contribution in [2.75, 3.05) is 19.5 Å². The molecule has 4 aromatic rings. The summed E-state index contributed by atoms with van der Waals surface area (Å²) in [7, 11) is 1.56. The van der Waals surface area contributed by atoms with Crippen molar-refractivity contribution in [3.8, 4) is 22.6 Å². The van der Waals surface area contributed by atoms with Crippen molar-refractivity contribution in [1.82, 2.24) is 15.0 Å². The van der Waals surface area contributed by atoms with E-state index in [1.807, 2.05) is 49.6 Å². The van der Waals surface area contributed by atoms with Crippen LogP contribution in [-0.4, -0.2) is 41.1 Å². The Bertz CT molecular complexity index is 1540. The smallest absolute Gasteiger partial charge is 0.263 e. The summed E-state index contributed by atoms with van der Waals surface area (Å²) in [5, 5.41) is 7.02. The molecule has 196 valence electrons. The van der Waals surface area contributed by atoms with Crippen LogP contribution in [0.15, 0.2) is 75.6 Å².